The Morgan fingerprint density at radius 1 is 1.22 bits per heavy atom. The summed E-state index contributed by atoms with van der Waals surface area (Å²) in [6.07, 6.45) is 0.974. The van der Waals surface area contributed by atoms with Gasteiger partial charge in [-0.2, -0.15) is 4.31 Å². The van der Waals surface area contributed by atoms with Crippen LogP contribution in [0.2, 0.25) is 0 Å². The Labute approximate surface area is 128 Å². The molecule has 1 aromatic rings. The molecule has 0 atom stereocenters. The molecule has 0 aliphatic carbocycles. The summed E-state index contributed by atoms with van der Waals surface area (Å²) in [5.41, 5.74) is 2.27. The molecule has 3 nitrogen and oxygen atoms in total. The first-order chi connectivity index (χ1) is 7.93. The number of aryl methyl sites for hydroxylation is 1. The van der Waals surface area contributed by atoms with Gasteiger partial charge in [-0.05, 0) is 42.5 Å². The van der Waals surface area contributed by atoms with Gasteiger partial charge in [0, 0.05) is 38.9 Å². The van der Waals surface area contributed by atoms with Gasteiger partial charge >= 0.3 is 0 Å². The molecule has 0 unspecified atom stereocenters. The van der Waals surface area contributed by atoms with Crippen molar-refractivity contribution in [1.82, 2.24) is 4.31 Å². The van der Waals surface area contributed by atoms with Crippen LogP contribution in [0.5, 0.6) is 0 Å². The van der Waals surface area contributed by atoms with Crippen LogP contribution in [0.1, 0.15) is 37.3 Å². The van der Waals surface area contributed by atoms with Gasteiger partial charge in [0.1, 0.15) is 0 Å². The van der Waals surface area contributed by atoms with E-state index < -0.39 is 10.0 Å². The van der Waals surface area contributed by atoms with Crippen LogP contribution in [0.3, 0.4) is 0 Å². The summed E-state index contributed by atoms with van der Waals surface area (Å²) >= 11 is 0. The molecule has 18 heavy (non-hydrogen) atoms. The average Bonchev–Trinajstić information content (AvgIpc) is 2.13. The molecule has 5 heteroatoms. The summed E-state index contributed by atoms with van der Waals surface area (Å²) in [4.78, 5) is 0.430. The Morgan fingerprint density at radius 3 is 2.22 bits per heavy atom. The molecule has 3 radical (unpaired) electrons. The molecule has 1 fully saturated rings. The molecule has 1 heterocycles. The Balaban J connectivity index is 0.00000162. The van der Waals surface area contributed by atoms with Crippen LogP contribution >= 0.6 is 0 Å². The number of rotatable bonds is 3. The van der Waals surface area contributed by atoms with Gasteiger partial charge in [-0.3, -0.25) is 0 Å². The van der Waals surface area contributed by atoms with Gasteiger partial charge in [-0.25, -0.2) is 8.42 Å². The number of nitrogens with zero attached hydrogens (tertiary/aromatic N) is 1. The van der Waals surface area contributed by atoms with Crippen LogP contribution in [0.15, 0.2) is 23.1 Å². The van der Waals surface area contributed by atoms with Gasteiger partial charge in [-0.1, -0.05) is 19.9 Å². The number of hydrogen-bond donors (Lipinski definition) is 0. The molecule has 1 saturated heterocycles. The normalized spacial score (nSPS) is 16.2. The predicted molar refractivity (Wildman–Crippen MR) is 74.4 cm³/mol. The Kier molecular flexibility index (Phi) is 5.33. The molecule has 0 bridgehead atoms. The second-order valence-corrected chi connectivity index (χ2v) is 6.87. The minimum absolute atomic E-state index is 0. The van der Waals surface area contributed by atoms with Gasteiger partial charge in [0.25, 0.3) is 0 Å². The molecule has 1 aliphatic heterocycles. The van der Waals surface area contributed by atoms with Crippen LogP contribution in [0, 0.1) is 6.92 Å². The van der Waals surface area contributed by atoms with Crippen molar-refractivity contribution in [2.45, 2.75) is 38.0 Å². The van der Waals surface area contributed by atoms with Crippen molar-refractivity contribution in [3.8, 4) is 0 Å². The number of sulfonamides is 1. The largest absolute Gasteiger partial charge is 0.243 e. The zero-order valence-electron chi connectivity index (χ0n) is 11.2. The van der Waals surface area contributed by atoms with Crippen LogP contribution < -0.4 is 0 Å². The van der Waals surface area contributed by atoms with Crippen molar-refractivity contribution in [2.75, 3.05) is 13.1 Å². The third-order valence-electron chi connectivity index (χ3n) is 3.32. The quantitative estimate of drug-likeness (QED) is 0.820. The van der Waals surface area contributed by atoms with Crippen molar-refractivity contribution in [3.63, 3.8) is 0 Å². The maximum atomic E-state index is 12.2. The van der Waals surface area contributed by atoms with Gasteiger partial charge in [0.05, 0.1) is 4.90 Å². The molecule has 0 spiro atoms. The van der Waals surface area contributed by atoms with Crippen molar-refractivity contribution in [1.29, 1.82) is 0 Å². The Hall–Kier alpha value is 0.000130. The van der Waals surface area contributed by atoms with Crippen molar-refractivity contribution < 1.29 is 8.42 Å². The fourth-order valence-corrected chi connectivity index (χ4v) is 3.74. The Morgan fingerprint density at radius 2 is 1.83 bits per heavy atom. The summed E-state index contributed by atoms with van der Waals surface area (Å²) in [7, 11) is -3.23. The van der Waals surface area contributed by atoms with Gasteiger partial charge in [-0.15, -0.1) is 0 Å². The van der Waals surface area contributed by atoms with E-state index in [2.05, 4.69) is 13.8 Å². The SMILES string of the molecule is Cc1cc(S(=O)(=O)N2CCC2)ccc1C(C)C.[In]. The summed E-state index contributed by atoms with van der Waals surface area (Å²) < 4.78 is 25.9. The first kappa shape index (κ1) is 16.1. The van der Waals surface area contributed by atoms with E-state index in [-0.39, 0.29) is 25.8 Å². The van der Waals surface area contributed by atoms with E-state index in [1.807, 2.05) is 13.0 Å². The minimum atomic E-state index is -3.23. The van der Waals surface area contributed by atoms with Crippen molar-refractivity contribution >= 4 is 35.9 Å². The topological polar surface area (TPSA) is 37.4 Å². The molecule has 0 saturated carbocycles. The van der Waals surface area contributed by atoms with Crippen molar-refractivity contribution in [3.05, 3.63) is 29.3 Å². The first-order valence-electron chi connectivity index (χ1n) is 6.03. The summed E-state index contributed by atoms with van der Waals surface area (Å²) in [5, 5.41) is 0. The molecule has 97 valence electrons. The number of hydrogen-bond acceptors (Lipinski definition) is 2. The molecular formula is C13H19InNO2S. The molecular weight excluding hydrogens is 349 g/mol. The molecule has 0 amide bonds. The zero-order chi connectivity index (χ0) is 12.6. The summed E-state index contributed by atoms with van der Waals surface area (Å²) in [6, 6.07) is 5.46. The molecule has 2 rings (SSSR count). The smallest absolute Gasteiger partial charge is 0.207 e. The van der Waals surface area contributed by atoms with Crippen LogP contribution in [0.25, 0.3) is 0 Å². The van der Waals surface area contributed by atoms with E-state index in [9.17, 15) is 8.42 Å². The average molecular weight is 368 g/mol. The fourth-order valence-electron chi connectivity index (χ4n) is 2.13. The van der Waals surface area contributed by atoms with Crippen molar-refractivity contribution in [2.24, 2.45) is 0 Å². The fraction of sp³-hybridized carbons (Fsp3) is 0.538. The van der Waals surface area contributed by atoms with Gasteiger partial charge < -0.3 is 0 Å². The maximum absolute atomic E-state index is 12.2. The van der Waals surface area contributed by atoms with Crippen LogP contribution in [-0.2, 0) is 10.0 Å². The first-order valence-corrected chi connectivity index (χ1v) is 7.47. The Bertz CT molecular complexity index is 522. The molecule has 1 aliphatic rings. The van der Waals surface area contributed by atoms with Crippen LogP contribution in [-0.4, -0.2) is 51.7 Å². The van der Waals surface area contributed by atoms with E-state index in [0.717, 1.165) is 12.0 Å². The second kappa shape index (κ2) is 5.97. The number of benzene rings is 1. The molecule has 1 aromatic carbocycles. The maximum Gasteiger partial charge on any atom is 0.243 e. The summed E-state index contributed by atoms with van der Waals surface area (Å²) in [6.45, 7) is 7.53. The third kappa shape index (κ3) is 2.94. The van der Waals surface area contributed by atoms with E-state index in [4.69, 9.17) is 0 Å². The van der Waals surface area contributed by atoms with Gasteiger partial charge in [0.2, 0.25) is 10.0 Å². The van der Waals surface area contributed by atoms with E-state index in [1.165, 1.54) is 9.87 Å². The molecule has 0 aromatic heterocycles. The van der Waals surface area contributed by atoms with Gasteiger partial charge in [0.15, 0.2) is 0 Å². The van der Waals surface area contributed by atoms with E-state index in [0.29, 0.717) is 23.9 Å². The third-order valence-corrected chi connectivity index (χ3v) is 5.21. The predicted octanol–water partition coefficient (Wildman–Crippen LogP) is 2.13. The van der Waals surface area contributed by atoms with E-state index >= 15 is 0 Å². The summed E-state index contributed by atoms with van der Waals surface area (Å²) in [5.74, 6) is 0.427. The standard InChI is InChI=1S/C13H19NO2S.In/c1-10(2)13-6-5-12(9-11(13)3)17(15,16)14-7-4-8-14;/h5-6,9-10H,4,7-8H2,1-3H3;. The van der Waals surface area contributed by atoms with E-state index in [1.54, 1.807) is 12.1 Å². The zero-order valence-corrected chi connectivity index (χ0v) is 15.3. The second-order valence-electron chi connectivity index (χ2n) is 4.93. The molecule has 0 N–H and O–H groups in total. The minimum Gasteiger partial charge on any atom is -0.207 e. The monoisotopic (exact) mass is 368 g/mol. The van der Waals surface area contributed by atoms with Crippen LogP contribution in [0.4, 0.5) is 0 Å².